The molecular formula is C21H24O3. The van der Waals surface area contributed by atoms with Gasteiger partial charge in [0.1, 0.15) is 17.4 Å². The number of benzene rings is 2. The van der Waals surface area contributed by atoms with Crippen LogP contribution in [0, 0.1) is 13.8 Å². The molecule has 0 amide bonds. The number of aryl methyl sites for hydroxylation is 2. The normalized spacial score (nSPS) is 16.8. The molecule has 1 atom stereocenters. The van der Waals surface area contributed by atoms with Crippen molar-refractivity contribution in [3.8, 4) is 11.5 Å². The minimum atomic E-state index is -0.434. The highest BCUT2D eigenvalue weighted by atomic mass is 16.5. The summed E-state index contributed by atoms with van der Waals surface area (Å²) in [5, 5.41) is 0. The molecule has 1 aliphatic rings. The summed E-state index contributed by atoms with van der Waals surface area (Å²) in [4.78, 5) is 12.7. The highest BCUT2D eigenvalue weighted by Crippen LogP contribution is 2.47. The Labute approximate surface area is 143 Å². The van der Waals surface area contributed by atoms with Crippen molar-refractivity contribution in [1.29, 1.82) is 0 Å². The van der Waals surface area contributed by atoms with Gasteiger partial charge in [-0.2, -0.15) is 0 Å². The quantitative estimate of drug-likeness (QED) is 0.595. The number of hydrogen-bond donors (Lipinski definition) is 0. The highest BCUT2D eigenvalue weighted by molar-refractivity contribution is 5.91. The van der Waals surface area contributed by atoms with Gasteiger partial charge in [0.25, 0.3) is 0 Å². The Morgan fingerprint density at radius 2 is 1.67 bits per heavy atom. The summed E-state index contributed by atoms with van der Waals surface area (Å²) in [6.45, 7) is 10.5. The highest BCUT2D eigenvalue weighted by Gasteiger charge is 2.39. The number of carbonyl (C=O) groups is 1. The molecule has 0 bridgehead atoms. The fourth-order valence-electron chi connectivity index (χ4n) is 3.35. The van der Waals surface area contributed by atoms with Gasteiger partial charge in [-0.3, -0.25) is 4.79 Å². The second-order valence-corrected chi connectivity index (χ2v) is 7.58. The maximum atomic E-state index is 12.7. The van der Waals surface area contributed by atoms with Crippen LogP contribution in [0.15, 0.2) is 30.3 Å². The van der Waals surface area contributed by atoms with Gasteiger partial charge in [0, 0.05) is 16.7 Å². The molecule has 0 aromatic heterocycles. The number of fused-ring (bicyclic) bond motifs is 1. The molecule has 126 valence electrons. The van der Waals surface area contributed by atoms with Crippen molar-refractivity contribution in [2.75, 3.05) is 7.11 Å². The lowest BCUT2D eigenvalue weighted by Crippen LogP contribution is -2.14. The molecule has 0 aliphatic carbocycles. The van der Waals surface area contributed by atoms with E-state index in [1.54, 1.807) is 7.11 Å². The van der Waals surface area contributed by atoms with E-state index in [-0.39, 0.29) is 11.4 Å². The lowest BCUT2D eigenvalue weighted by Gasteiger charge is -2.22. The molecule has 0 spiro atoms. The zero-order chi connectivity index (χ0) is 17.6. The summed E-state index contributed by atoms with van der Waals surface area (Å²) in [5.41, 5.74) is 5.01. The second-order valence-electron chi connectivity index (χ2n) is 7.58. The molecule has 3 heteroatoms. The van der Waals surface area contributed by atoms with E-state index in [1.165, 1.54) is 0 Å². The molecule has 0 saturated heterocycles. The first-order valence-electron chi connectivity index (χ1n) is 8.23. The van der Waals surface area contributed by atoms with Crippen molar-refractivity contribution in [3.63, 3.8) is 0 Å². The third kappa shape index (κ3) is 2.68. The van der Waals surface area contributed by atoms with Crippen LogP contribution in [0.5, 0.6) is 11.5 Å². The Morgan fingerprint density at radius 3 is 2.29 bits per heavy atom. The van der Waals surface area contributed by atoms with Gasteiger partial charge in [-0.05, 0) is 25.3 Å². The molecule has 1 aliphatic heterocycles. The first-order valence-corrected chi connectivity index (χ1v) is 8.23. The zero-order valence-corrected chi connectivity index (χ0v) is 15.2. The van der Waals surface area contributed by atoms with Crippen LogP contribution in [0.25, 0.3) is 0 Å². The van der Waals surface area contributed by atoms with E-state index in [9.17, 15) is 4.79 Å². The molecule has 2 aromatic rings. The monoisotopic (exact) mass is 324 g/mol. The van der Waals surface area contributed by atoms with E-state index in [0.29, 0.717) is 11.5 Å². The molecular weight excluding hydrogens is 300 g/mol. The van der Waals surface area contributed by atoms with Crippen LogP contribution in [0.3, 0.4) is 0 Å². The lowest BCUT2D eigenvalue weighted by molar-refractivity contribution is -0.133. The zero-order valence-electron chi connectivity index (χ0n) is 15.2. The summed E-state index contributed by atoms with van der Waals surface area (Å²) in [6.07, 6.45) is 0. The van der Waals surface area contributed by atoms with Crippen molar-refractivity contribution >= 4 is 5.97 Å². The van der Waals surface area contributed by atoms with Crippen LogP contribution in [0.4, 0.5) is 0 Å². The predicted molar refractivity (Wildman–Crippen MR) is 95.1 cm³/mol. The van der Waals surface area contributed by atoms with E-state index < -0.39 is 5.92 Å². The molecule has 0 N–H and O–H groups in total. The molecule has 0 radical (unpaired) electrons. The first-order chi connectivity index (χ1) is 11.2. The van der Waals surface area contributed by atoms with E-state index >= 15 is 0 Å². The van der Waals surface area contributed by atoms with Crippen molar-refractivity contribution in [3.05, 3.63) is 58.1 Å². The fourth-order valence-corrected chi connectivity index (χ4v) is 3.35. The van der Waals surface area contributed by atoms with Gasteiger partial charge in [0.15, 0.2) is 0 Å². The standard InChI is InChI=1S/C21H24O3/c1-12-7-8-17(23-6)14(9-12)18-15-10-13(2)11-16(21(3,4)5)19(15)24-20(18)22/h7-11,18H,1-6H3. The molecule has 3 nitrogen and oxygen atoms in total. The topological polar surface area (TPSA) is 35.5 Å². The van der Waals surface area contributed by atoms with Crippen LogP contribution >= 0.6 is 0 Å². The molecule has 24 heavy (non-hydrogen) atoms. The summed E-state index contributed by atoms with van der Waals surface area (Å²) in [7, 11) is 1.63. The van der Waals surface area contributed by atoms with Crippen LogP contribution in [0.1, 0.15) is 54.5 Å². The largest absolute Gasteiger partial charge is 0.496 e. The number of hydrogen-bond acceptors (Lipinski definition) is 3. The number of esters is 1. The van der Waals surface area contributed by atoms with E-state index in [1.807, 2.05) is 25.1 Å². The summed E-state index contributed by atoms with van der Waals surface area (Å²) >= 11 is 0. The predicted octanol–water partition coefficient (Wildman–Crippen LogP) is 4.66. The smallest absolute Gasteiger partial charge is 0.323 e. The van der Waals surface area contributed by atoms with Gasteiger partial charge in [-0.25, -0.2) is 0 Å². The third-order valence-corrected chi connectivity index (χ3v) is 4.52. The Balaban J connectivity index is 2.24. The third-order valence-electron chi connectivity index (χ3n) is 4.52. The first kappa shape index (κ1) is 16.6. The number of methoxy groups -OCH3 is 1. The number of ether oxygens (including phenoxy) is 2. The van der Waals surface area contributed by atoms with Crippen LogP contribution in [0.2, 0.25) is 0 Å². The summed E-state index contributed by atoms with van der Waals surface area (Å²) in [5.74, 6) is 0.765. The fraction of sp³-hybridized carbons (Fsp3) is 0.381. The van der Waals surface area contributed by atoms with Gasteiger partial charge in [0.05, 0.1) is 7.11 Å². The maximum Gasteiger partial charge on any atom is 0.323 e. The van der Waals surface area contributed by atoms with Crippen molar-refractivity contribution in [2.45, 2.75) is 46.0 Å². The molecule has 0 fully saturated rings. The van der Waals surface area contributed by atoms with Gasteiger partial charge in [-0.1, -0.05) is 56.2 Å². The number of rotatable bonds is 2. The van der Waals surface area contributed by atoms with E-state index in [2.05, 4.69) is 39.8 Å². The number of carbonyl (C=O) groups excluding carboxylic acids is 1. The molecule has 1 heterocycles. The Morgan fingerprint density at radius 1 is 1.00 bits per heavy atom. The molecule has 3 rings (SSSR count). The Kier molecular flexibility index (Phi) is 3.90. The molecule has 0 saturated carbocycles. The minimum absolute atomic E-state index is 0.0953. The minimum Gasteiger partial charge on any atom is -0.496 e. The van der Waals surface area contributed by atoms with Gasteiger partial charge in [-0.15, -0.1) is 0 Å². The molecule has 2 aromatic carbocycles. The Bertz CT molecular complexity index is 813. The second kappa shape index (κ2) is 5.66. The van der Waals surface area contributed by atoms with Gasteiger partial charge >= 0.3 is 5.97 Å². The summed E-state index contributed by atoms with van der Waals surface area (Å²) in [6, 6.07) is 10.1. The Hall–Kier alpha value is -2.29. The average Bonchev–Trinajstić information content (AvgIpc) is 2.81. The average molecular weight is 324 g/mol. The SMILES string of the molecule is COc1ccc(C)cc1C1C(=O)Oc2c1cc(C)cc2C(C)(C)C. The van der Waals surface area contributed by atoms with E-state index in [4.69, 9.17) is 9.47 Å². The van der Waals surface area contributed by atoms with Gasteiger partial charge in [0.2, 0.25) is 0 Å². The van der Waals surface area contributed by atoms with Crippen molar-refractivity contribution < 1.29 is 14.3 Å². The molecule has 1 unspecified atom stereocenters. The van der Waals surface area contributed by atoms with Gasteiger partial charge < -0.3 is 9.47 Å². The summed E-state index contributed by atoms with van der Waals surface area (Å²) < 4.78 is 11.2. The van der Waals surface area contributed by atoms with E-state index in [0.717, 1.165) is 27.8 Å². The van der Waals surface area contributed by atoms with Crippen molar-refractivity contribution in [1.82, 2.24) is 0 Å². The van der Waals surface area contributed by atoms with Crippen LogP contribution in [-0.4, -0.2) is 13.1 Å². The van der Waals surface area contributed by atoms with Crippen molar-refractivity contribution in [2.24, 2.45) is 0 Å². The van der Waals surface area contributed by atoms with Crippen LogP contribution in [-0.2, 0) is 10.2 Å². The lowest BCUT2D eigenvalue weighted by atomic mass is 9.81. The van der Waals surface area contributed by atoms with Crippen LogP contribution < -0.4 is 9.47 Å². The maximum absolute atomic E-state index is 12.7.